The highest BCUT2D eigenvalue weighted by Gasteiger charge is 2.49. The summed E-state index contributed by atoms with van der Waals surface area (Å²) in [6.07, 6.45) is 3.65. The summed E-state index contributed by atoms with van der Waals surface area (Å²) in [5.41, 5.74) is 0.0375. The Labute approximate surface area is 127 Å². The molecule has 3 rings (SSSR count). The summed E-state index contributed by atoms with van der Waals surface area (Å²) in [7, 11) is 0. The minimum atomic E-state index is -0.621. The molecule has 0 N–H and O–H groups in total. The van der Waals surface area contributed by atoms with Crippen LogP contribution in [0.1, 0.15) is 38.2 Å². The Balaban J connectivity index is 1.99. The number of amides is 1. The van der Waals surface area contributed by atoms with Crippen LogP contribution in [0, 0.1) is 0 Å². The standard InChI is InChI=1S/C14H14Cl2N2O2/c1-9(19)18-14(6-2-3-7-14)20-13(17-18)11-5-4-10(15)8-12(11)16/h4-5,8H,2-3,6-7H2,1H3. The monoisotopic (exact) mass is 312 g/mol. The molecule has 1 heterocycles. The summed E-state index contributed by atoms with van der Waals surface area (Å²) in [5.74, 6) is 0.274. The zero-order valence-corrected chi connectivity index (χ0v) is 12.5. The molecule has 106 valence electrons. The smallest absolute Gasteiger partial charge is 0.243 e. The number of hydrogen-bond donors (Lipinski definition) is 0. The van der Waals surface area contributed by atoms with Gasteiger partial charge in [-0.1, -0.05) is 23.2 Å². The average molecular weight is 313 g/mol. The van der Waals surface area contributed by atoms with E-state index in [0.29, 0.717) is 21.5 Å². The van der Waals surface area contributed by atoms with Gasteiger partial charge in [0.1, 0.15) is 0 Å². The number of carbonyl (C=O) groups is 1. The summed E-state index contributed by atoms with van der Waals surface area (Å²) in [6, 6.07) is 5.13. The van der Waals surface area contributed by atoms with Gasteiger partial charge < -0.3 is 4.74 Å². The van der Waals surface area contributed by atoms with E-state index in [2.05, 4.69) is 5.10 Å². The zero-order valence-electron chi connectivity index (χ0n) is 11.0. The highest BCUT2D eigenvalue weighted by molar-refractivity contribution is 6.36. The van der Waals surface area contributed by atoms with Crippen molar-refractivity contribution in [1.29, 1.82) is 0 Å². The van der Waals surface area contributed by atoms with Crippen molar-refractivity contribution in [2.24, 2.45) is 5.10 Å². The Kier molecular flexibility index (Phi) is 3.38. The van der Waals surface area contributed by atoms with E-state index in [9.17, 15) is 4.79 Å². The quantitative estimate of drug-likeness (QED) is 0.791. The van der Waals surface area contributed by atoms with E-state index < -0.39 is 5.72 Å². The van der Waals surface area contributed by atoms with Gasteiger partial charge in [-0.3, -0.25) is 4.79 Å². The number of nitrogens with zero attached hydrogens (tertiary/aromatic N) is 2. The molecule has 6 heteroatoms. The third kappa shape index (κ3) is 2.17. The van der Waals surface area contributed by atoms with E-state index in [4.69, 9.17) is 27.9 Å². The van der Waals surface area contributed by atoms with Crippen LogP contribution in [0.25, 0.3) is 0 Å². The molecule has 1 aromatic carbocycles. The van der Waals surface area contributed by atoms with E-state index in [1.807, 2.05) is 0 Å². The second-order valence-electron chi connectivity index (χ2n) is 5.12. The predicted molar refractivity (Wildman–Crippen MR) is 77.8 cm³/mol. The van der Waals surface area contributed by atoms with E-state index in [-0.39, 0.29) is 5.91 Å². The van der Waals surface area contributed by atoms with E-state index in [1.54, 1.807) is 18.2 Å². The number of rotatable bonds is 1. The van der Waals surface area contributed by atoms with Crippen molar-refractivity contribution in [3.63, 3.8) is 0 Å². The van der Waals surface area contributed by atoms with Crippen LogP contribution in [0.4, 0.5) is 0 Å². The molecular formula is C14H14Cl2N2O2. The van der Waals surface area contributed by atoms with Crippen LogP contribution >= 0.6 is 23.2 Å². The Morgan fingerprint density at radius 3 is 2.65 bits per heavy atom. The maximum Gasteiger partial charge on any atom is 0.243 e. The fraction of sp³-hybridized carbons (Fsp3) is 0.429. The second kappa shape index (κ2) is 4.93. The van der Waals surface area contributed by atoms with Crippen molar-refractivity contribution in [1.82, 2.24) is 5.01 Å². The molecule has 0 unspecified atom stereocenters. The molecule has 2 aliphatic rings. The van der Waals surface area contributed by atoms with Gasteiger partial charge in [-0.15, -0.1) is 5.10 Å². The van der Waals surface area contributed by atoms with Crippen LogP contribution in [-0.2, 0) is 9.53 Å². The fourth-order valence-corrected chi connectivity index (χ4v) is 3.29. The van der Waals surface area contributed by atoms with Gasteiger partial charge in [0.2, 0.25) is 17.5 Å². The molecule has 1 aliphatic heterocycles. The Hall–Kier alpha value is -1.26. The van der Waals surface area contributed by atoms with Crippen molar-refractivity contribution in [2.75, 3.05) is 0 Å². The van der Waals surface area contributed by atoms with Crippen LogP contribution < -0.4 is 0 Å². The molecule has 1 saturated carbocycles. The first-order valence-corrected chi connectivity index (χ1v) is 7.31. The van der Waals surface area contributed by atoms with Crippen molar-refractivity contribution >= 4 is 35.0 Å². The first-order chi connectivity index (χ1) is 9.52. The lowest BCUT2D eigenvalue weighted by atomic mass is 10.1. The van der Waals surface area contributed by atoms with Crippen molar-refractivity contribution < 1.29 is 9.53 Å². The van der Waals surface area contributed by atoms with Crippen molar-refractivity contribution in [2.45, 2.75) is 38.3 Å². The first kappa shape index (κ1) is 13.7. The highest BCUT2D eigenvalue weighted by atomic mass is 35.5. The van der Waals surface area contributed by atoms with Gasteiger partial charge in [-0.25, -0.2) is 0 Å². The molecule has 4 nitrogen and oxygen atoms in total. The topological polar surface area (TPSA) is 41.9 Å². The summed E-state index contributed by atoms with van der Waals surface area (Å²) in [4.78, 5) is 11.8. The lowest BCUT2D eigenvalue weighted by Gasteiger charge is -2.29. The molecule has 1 aromatic rings. The molecule has 0 bridgehead atoms. The number of hydrazone groups is 1. The van der Waals surface area contributed by atoms with Crippen LogP contribution in [0.3, 0.4) is 0 Å². The number of benzene rings is 1. The largest absolute Gasteiger partial charge is 0.447 e. The molecule has 20 heavy (non-hydrogen) atoms. The Bertz CT molecular complexity index is 595. The molecular weight excluding hydrogens is 299 g/mol. The van der Waals surface area contributed by atoms with Gasteiger partial charge >= 0.3 is 0 Å². The average Bonchev–Trinajstić information content (AvgIpc) is 2.98. The van der Waals surface area contributed by atoms with Crippen LogP contribution in [0.5, 0.6) is 0 Å². The molecule has 1 aliphatic carbocycles. The van der Waals surface area contributed by atoms with Gasteiger partial charge in [0.25, 0.3) is 0 Å². The minimum Gasteiger partial charge on any atom is -0.447 e. The van der Waals surface area contributed by atoms with Crippen molar-refractivity contribution in [3.8, 4) is 0 Å². The lowest BCUT2D eigenvalue weighted by molar-refractivity contribution is -0.146. The number of hydrogen-bond acceptors (Lipinski definition) is 3. The lowest BCUT2D eigenvalue weighted by Crippen LogP contribution is -2.44. The number of carbonyl (C=O) groups excluding carboxylic acids is 1. The third-order valence-electron chi connectivity index (χ3n) is 3.71. The number of ether oxygens (including phenoxy) is 1. The Morgan fingerprint density at radius 1 is 1.35 bits per heavy atom. The SMILES string of the molecule is CC(=O)N1N=C(c2ccc(Cl)cc2Cl)OC12CCCC2. The predicted octanol–water partition coefficient (Wildman–Crippen LogP) is 3.80. The molecule has 0 aromatic heterocycles. The fourth-order valence-electron chi connectivity index (χ4n) is 2.80. The zero-order chi connectivity index (χ0) is 14.3. The molecule has 0 radical (unpaired) electrons. The van der Waals surface area contributed by atoms with Gasteiger partial charge in [0.15, 0.2) is 0 Å². The summed E-state index contributed by atoms with van der Waals surface area (Å²) in [6.45, 7) is 1.50. The highest BCUT2D eigenvalue weighted by Crippen LogP contribution is 2.41. The summed E-state index contributed by atoms with van der Waals surface area (Å²) >= 11 is 12.1. The van der Waals surface area contributed by atoms with Gasteiger partial charge in [-0.2, -0.15) is 5.01 Å². The number of halogens is 2. The summed E-state index contributed by atoms with van der Waals surface area (Å²) < 4.78 is 6.02. The minimum absolute atomic E-state index is 0.119. The molecule has 1 amide bonds. The molecule has 0 atom stereocenters. The third-order valence-corrected chi connectivity index (χ3v) is 4.26. The van der Waals surface area contributed by atoms with E-state index >= 15 is 0 Å². The second-order valence-corrected chi connectivity index (χ2v) is 5.96. The summed E-state index contributed by atoms with van der Waals surface area (Å²) in [5, 5.41) is 6.81. The van der Waals surface area contributed by atoms with Crippen LogP contribution in [-0.4, -0.2) is 22.5 Å². The maximum atomic E-state index is 11.8. The molecule has 1 fully saturated rings. The van der Waals surface area contributed by atoms with Crippen LogP contribution in [0.15, 0.2) is 23.3 Å². The van der Waals surface area contributed by atoms with Crippen LogP contribution in [0.2, 0.25) is 10.0 Å². The van der Waals surface area contributed by atoms with Gasteiger partial charge in [0, 0.05) is 24.8 Å². The first-order valence-electron chi connectivity index (χ1n) is 6.56. The van der Waals surface area contributed by atoms with E-state index in [1.165, 1.54) is 11.9 Å². The maximum absolute atomic E-state index is 11.8. The normalized spacial score (nSPS) is 20.1. The van der Waals surface area contributed by atoms with Crippen molar-refractivity contribution in [3.05, 3.63) is 33.8 Å². The van der Waals surface area contributed by atoms with E-state index in [0.717, 1.165) is 25.7 Å². The molecule has 1 spiro atoms. The Morgan fingerprint density at radius 2 is 2.05 bits per heavy atom. The van der Waals surface area contributed by atoms with Gasteiger partial charge in [-0.05, 0) is 31.0 Å². The molecule has 0 saturated heterocycles. The van der Waals surface area contributed by atoms with Gasteiger partial charge in [0.05, 0.1) is 10.6 Å².